The molecule has 0 radical (unpaired) electrons. The molecule has 0 saturated carbocycles. The Balaban J connectivity index is 2.01. The number of hydrogen-bond donors (Lipinski definition) is 1. The molecule has 34 heavy (non-hydrogen) atoms. The highest BCUT2D eigenvalue weighted by Gasteiger charge is 2.45. The predicted molar refractivity (Wildman–Crippen MR) is 135 cm³/mol. The number of aliphatic hydroxyl groups is 1. The molecule has 0 bridgehead atoms. The lowest BCUT2D eigenvalue weighted by Crippen LogP contribution is -2.33. The Morgan fingerprint density at radius 1 is 1.06 bits per heavy atom. The molecule has 3 rings (SSSR count). The first-order valence-electron chi connectivity index (χ1n) is 12.2. The van der Waals surface area contributed by atoms with Gasteiger partial charge in [-0.05, 0) is 57.1 Å². The van der Waals surface area contributed by atoms with Crippen LogP contribution >= 0.6 is 0 Å². The van der Waals surface area contributed by atoms with E-state index in [9.17, 15) is 14.7 Å². The summed E-state index contributed by atoms with van der Waals surface area (Å²) in [5, 5.41) is 11.3. The van der Waals surface area contributed by atoms with Gasteiger partial charge < -0.3 is 19.6 Å². The number of rotatable bonds is 11. The normalized spacial score (nSPS) is 17.6. The molecule has 1 aliphatic rings. The summed E-state index contributed by atoms with van der Waals surface area (Å²) in [6.45, 7) is 12.0. The van der Waals surface area contributed by atoms with Gasteiger partial charge in [-0.15, -0.1) is 0 Å². The van der Waals surface area contributed by atoms with Crippen molar-refractivity contribution in [3.05, 3.63) is 70.8 Å². The largest absolute Gasteiger partial charge is 0.507 e. The van der Waals surface area contributed by atoms with Crippen molar-refractivity contribution in [2.45, 2.75) is 46.6 Å². The van der Waals surface area contributed by atoms with Crippen molar-refractivity contribution >= 4 is 17.4 Å². The van der Waals surface area contributed by atoms with Gasteiger partial charge in [-0.3, -0.25) is 9.59 Å². The fourth-order valence-electron chi connectivity index (χ4n) is 4.32. The number of hydrogen-bond acceptors (Lipinski definition) is 5. The molecule has 2 aromatic rings. The van der Waals surface area contributed by atoms with Gasteiger partial charge in [0, 0.05) is 12.1 Å². The second-order valence-electron chi connectivity index (χ2n) is 8.66. The zero-order chi connectivity index (χ0) is 24.7. The summed E-state index contributed by atoms with van der Waals surface area (Å²) in [4.78, 5) is 30.2. The molecule has 182 valence electrons. The molecule has 1 fully saturated rings. The number of ketones is 1. The molecule has 1 aliphatic heterocycles. The molecule has 0 spiro atoms. The number of likely N-dealkylation sites (tertiary alicyclic amines) is 1. The predicted octanol–water partition coefficient (Wildman–Crippen LogP) is 4.94. The van der Waals surface area contributed by atoms with Crippen molar-refractivity contribution < 1.29 is 19.4 Å². The molecule has 1 heterocycles. The summed E-state index contributed by atoms with van der Waals surface area (Å²) < 4.78 is 5.70. The number of benzene rings is 2. The molecule has 1 amide bonds. The van der Waals surface area contributed by atoms with E-state index >= 15 is 0 Å². The van der Waals surface area contributed by atoms with Crippen LogP contribution in [-0.4, -0.2) is 59.4 Å². The Labute approximate surface area is 202 Å². The number of Topliss-reactive ketones (excluding diaryl/α,β-unsaturated/α-hetero) is 1. The van der Waals surface area contributed by atoms with Crippen LogP contribution in [-0.2, 0) is 9.59 Å². The van der Waals surface area contributed by atoms with Crippen LogP contribution in [0.5, 0.6) is 5.75 Å². The van der Waals surface area contributed by atoms with Crippen molar-refractivity contribution in [2.24, 2.45) is 0 Å². The summed E-state index contributed by atoms with van der Waals surface area (Å²) in [6.07, 6.45) is 1.61. The van der Waals surface area contributed by atoms with E-state index in [4.69, 9.17) is 4.74 Å². The standard InChI is InChI=1S/C28H36N2O4/c1-5-18-34-23-11-8-10-22(19-23)26(31)24-25(21-14-12-20(4)13-15-21)30(28(33)27(24)32)17-9-16-29(6-2)7-3/h8,10-15,19,25,31H,5-7,9,16-18H2,1-4H3/b26-24+. The molecule has 1 saturated heterocycles. The van der Waals surface area contributed by atoms with Crippen molar-refractivity contribution in [1.29, 1.82) is 0 Å². The molecule has 1 unspecified atom stereocenters. The number of carbonyl (C=O) groups is 2. The lowest BCUT2D eigenvalue weighted by atomic mass is 9.94. The van der Waals surface area contributed by atoms with Crippen LogP contribution in [0.4, 0.5) is 0 Å². The Hall–Kier alpha value is -3.12. The van der Waals surface area contributed by atoms with Crippen LogP contribution in [0.25, 0.3) is 5.76 Å². The van der Waals surface area contributed by atoms with Gasteiger partial charge in [-0.25, -0.2) is 0 Å². The Bertz CT molecular complexity index is 1020. The van der Waals surface area contributed by atoms with Crippen LogP contribution in [0, 0.1) is 6.92 Å². The van der Waals surface area contributed by atoms with Gasteiger partial charge in [0.25, 0.3) is 11.7 Å². The number of nitrogens with zero attached hydrogens (tertiary/aromatic N) is 2. The summed E-state index contributed by atoms with van der Waals surface area (Å²) in [5.74, 6) is -0.765. The lowest BCUT2D eigenvalue weighted by Gasteiger charge is -2.27. The second kappa shape index (κ2) is 11.8. The first-order valence-corrected chi connectivity index (χ1v) is 12.2. The molecule has 6 heteroatoms. The van der Waals surface area contributed by atoms with E-state index in [1.165, 1.54) is 0 Å². The van der Waals surface area contributed by atoms with Gasteiger partial charge >= 0.3 is 0 Å². The average molecular weight is 465 g/mol. The third-order valence-electron chi connectivity index (χ3n) is 6.28. The molecule has 2 aromatic carbocycles. The third-order valence-corrected chi connectivity index (χ3v) is 6.28. The van der Waals surface area contributed by atoms with Gasteiger partial charge in [0.2, 0.25) is 0 Å². The average Bonchev–Trinajstić information content (AvgIpc) is 3.10. The highest BCUT2D eigenvalue weighted by atomic mass is 16.5. The van der Waals surface area contributed by atoms with Crippen LogP contribution in [0.1, 0.15) is 56.3 Å². The third kappa shape index (κ3) is 5.68. The molecule has 1 N–H and O–H groups in total. The van der Waals surface area contributed by atoms with Crippen molar-refractivity contribution in [3.8, 4) is 5.75 Å². The summed E-state index contributed by atoms with van der Waals surface area (Å²) in [5.41, 5.74) is 2.49. The number of amides is 1. The van der Waals surface area contributed by atoms with Crippen LogP contribution in [0.3, 0.4) is 0 Å². The molecule has 0 aromatic heterocycles. The van der Waals surface area contributed by atoms with Crippen LogP contribution < -0.4 is 4.74 Å². The zero-order valence-electron chi connectivity index (χ0n) is 20.7. The van der Waals surface area contributed by atoms with Gasteiger partial charge in [0.1, 0.15) is 11.5 Å². The van der Waals surface area contributed by atoms with Gasteiger partial charge in [0.15, 0.2) is 0 Å². The monoisotopic (exact) mass is 464 g/mol. The summed E-state index contributed by atoms with van der Waals surface area (Å²) >= 11 is 0. The Kier molecular flexibility index (Phi) is 8.88. The van der Waals surface area contributed by atoms with Crippen LogP contribution in [0.2, 0.25) is 0 Å². The lowest BCUT2D eigenvalue weighted by molar-refractivity contribution is -0.140. The maximum Gasteiger partial charge on any atom is 0.295 e. The quantitative estimate of drug-likeness (QED) is 0.290. The van der Waals surface area contributed by atoms with Crippen molar-refractivity contribution in [2.75, 3.05) is 32.8 Å². The van der Waals surface area contributed by atoms with Crippen LogP contribution in [0.15, 0.2) is 54.1 Å². The highest BCUT2D eigenvalue weighted by Crippen LogP contribution is 2.39. The molecule has 6 nitrogen and oxygen atoms in total. The van der Waals surface area contributed by atoms with Crippen molar-refractivity contribution in [1.82, 2.24) is 9.80 Å². The van der Waals surface area contributed by atoms with Gasteiger partial charge in [-0.1, -0.05) is 62.7 Å². The number of aliphatic hydroxyl groups excluding tert-OH is 1. The van der Waals surface area contributed by atoms with Crippen molar-refractivity contribution in [3.63, 3.8) is 0 Å². The molecule has 0 aliphatic carbocycles. The summed E-state index contributed by atoms with van der Waals surface area (Å²) in [6, 6.07) is 14.2. The number of ether oxygens (including phenoxy) is 1. The Morgan fingerprint density at radius 3 is 2.41 bits per heavy atom. The van der Waals surface area contributed by atoms with E-state index in [-0.39, 0.29) is 11.3 Å². The first kappa shape index (κ1) is 25.5. The topological polar surface area (TPSA) is 70.1 Å². The first-order chi connectivity index (χ1) is 16.4. The maximum atomic E-state index is 13.2. The van der Waals surface area contributed by atoms with E-state index in [1.807, 2.05) is 44.2 Å². The molecular formula is C28H36N2O4. The zero-order valence-corrected chi connectivity index (χ0v) is 20.7. The SMILES string of the molecule is CCCOc1cccc(/C(O)=C2\C(=O)C(=O)N(CCCN(CC)CC)C2c2ccc(C)cc2)c1. The Morgan fingerprint density at radius 2 is 1.76 bits per heavy atom. The summed E-state index contributed by atoms with van der Waals surface area (Å²) in [7, 11) is 0. The van der Waals surface area contributed by atoms with Gasteiger partial charge in [0.05, 0.1) is 18.2 Å². The van der Waals surface area contributed by atoms with E-state index in [1.54, 1.807) is 23.1 Å². The minimum Gasteiger partial charge on any atom is -0.507 e. The minimum atomic E-state index is -0.647. The highest BCUT2D eigenvalue weighted by molar-refractivity contribution is 6.46. The van der Waals surface area contributed by atoms with E-state index < -0.39 is 17.7 Å². The van der Waals surface area contributed by atoms with Gasteiger partial charge in [-0.2, -0.15) is 0 Å². The second-order valence-corrected chi connectivity index (χ2v) is 8.66. The molecular weight excluding hydrogens is 428 g/mol. The van der Waals surface area contributed by atoms with E-state index in [0.717, 1.165) is 43.6 Å². The minimum absolute atomic E-state index is 0.129. The van der Waals surface area contributed by atoms with E-state index in [2.05, 4.69) is 18.7 Å². The smallest absolute Gasteiger partial charge is 0.295 e. The number of carbonyl (C=O) groups excluding carboxylic acids is 2. The fraction of sp³-hybridized carbons (Fsp3) is 0.429. The molecule has 1 atom stereocenters. The maximum absolute atomic E-state index is 13.2. The fourth-order valence-corrected chi connectivity index (χ4v) is 4.32. The number of aryl methyl sites for hydroxylation is 1. The van der Waals surface area contributed by atoms with E-state index in [0.29, 0.717) is 24.5 Å².